The highest BCUT2D eigenvalue weighted by atomic mass is 32.1. The van der Waals surface area contributed by atoms with Crippen molar-refractivity contribution in [2.24, 2.45) is 5.73 Å². The van der Waals surface area contributed by atoms with Crippen molar-refractivity contribution < 1.29 is 4.74 Å². The van der Waals surface area contributed by atoms with Gasteiger partial charge in [-0.15, -0.1) is 0 Å². The fourth-order valence-corrected chi connectivity index (χ4v) is 2.58. The van der Waals surface area contributed by atoms with E-state index in [9.17, 15) is 0 Å². The fraction of sp³-hybridized carbons (Fsp3) is 0.900. The SMILES string of the molecule is NC(=S)N1CCC(N2CCOCC2)CC1. The first-order valence-corrected chi connectivity index (χ1v) is 6.04. The Balaban J connectivity index is 1.79. The molecule has 0 aliphatic carbocycles. The van der Waals surface area contributed by atoms with Crippen LogP contribution in [0.15, 0.2) is 0 Å². The summed E-state index contributed by atoms with van der Waals surface area (Å²) >= 11 is 4.98. The quantitative estimate of drug-likeness (QED) is 0.642. The topological polar surface area (TPSA) is 41.7 Å². The van der Waals surface area contributed by atoms with Crippen LogP contribution in [0.4, 0.5) is 0 Å². The molecule has 2 saturated heterocycles. The Morgan fingerprint density at radius 1 is 1.13 bits per heavy atom. The minimum atomic E-state index is 0.551. The van der Waals surface area contributed by atoms with Crippen LogP contribution in [0.3, 0.4) is 0 Å². The normalized spacial score (nSPS) is 25.5. The number of piperidine rings is 1. The second-order valence-corrected chi connectivity index (χ2v) is 4.62. The number of hydrogen-bond acceptors (Lipinski definition) is 3. The molecule has 2 aliphatic heterocycles. The molecule has 0 aromatic heterocycles. The maximum atomic E-state index is 5.61. The molecule has 4 nitrogen and oxygen atoms in total. The van der Waals surface area contributed by atoms with Crippen molar-refractivity contribution in [2.45, 2.75) is 18.9 Å². The van der Waals surface area contributed by atoms with Crippen molar-refractivity contribution in [1.29, 1.82) is 0 Å². The summed E-state index contributed by atoms with van der Waals surface area (Å²) in [5, 5.41) is 0.551. The highest BCUT2D eigenvalue weighted by molar-refractivity contribution is 7.80. The molecule has 0 aromatic carbocycles. The van der Waals surface area contributed by atoms with Crippen molar-refractivity contribution in [3.63, 3.8) is 0 Å². The van der Waals surface area contributed by atoms with Crippen LogP contribution in [-0.2, 0) is 4.74 Å². The number of nitrogens with zero attached hydrogens (tertiary/aromatic N) is 2. The van der Waals surface area contributed by atoms with E-state index < -0.39 is 0 Å². The van der Waals surface area contributed by atoms with Crippen LogP contribution in [-0.4, -0.2) is 60.3 Å². The summed E-state index contributed by atoms with van der Waals surface area (Å²) in [7, 11) is 0. The number of nitrogens with two attached hydrogens (primary N) is 1. The third-order valence-electron chi connectivity index (χ3n) is 3.34. The summed E-state index contributed by atoms with van der Waals surface area (Å²) < 4.78 is 5.36. The van der Waals surface area contributed by atoms with Crippen molar-refractivity contribution >= 4 is 17.3 Å². The third kappa shape index (κ3) is 2.80. The molecule has 0 radical (unpaired) electrons. The van der Waals surface area contributed by atoms with Gasteiger partial charge in [-0.2, -0.15) is 0 Å². The van der Waals surface area contributed by atoms with Gasteiger partial charge in [0, 0.05) is 32.2 Å². The van der Waals surface area contributed by atoms with E-state index in [-0.39, 0.29) is 0 Å². The maximum absolute atomic E-state index is 5.61. The molecule has 2 heterocycles. The maximum Gasteiger partial charge on any atom is 0.166 e. The first kappa shape index (κ1) is 11.1. The lowest BCUT2D eigenvalue weighted by molar-refractivity contribution is 0.00548. The first-order valence-electron chi connectivity index (χ1n) is 5.63. The molecule has 0 spiro atoms. The zero-order chi connectivity index (χ0) is 10.7. The van der Waals surface area contributed by atoms with Crippen molar-refractivity contribution in [2.75, 3.05) is 39.4 Å². The minimum absolute atomic E-state index is 0.551. The van der Waals surface area contributed by atoms with Gasteiger partial charge in [-0.05, 0) is 25.1 Å². The number of rotatable bonds is 1. The predicted octanol–water partition coefficient (Wildman–Crippen LogP) is 0.0266. The van der Waals surface area contributed by atoms with Gasteiger partial charge in [0.05, 0.1) is 13.2 Å². The van der Waals surface area contributed by atoms with E-state index in [0.717, 1.165) is 39.4 Å². The summed E-state index contributed by atoms with van der Waals surface area (Å²) in [5.41, 5.74) is 5.61. The molecule has 0 amide bonds. The summed E-state index contributed by atoms with van der Waals surface area (Å²) in [5.74, 6) is 0. The van der Waals surface area contributed by atoms with Gasteiger partial charge in [0.25, 0.3) is 0 Å². The molecule has 5 heteroatoms. The number of likely N-dealkylation sites (tertiary alicyclic amines) is 1. The van der Waals surface area contributed by atoms with E-state index in [4.69, 9.17) is 22.7 Å². The van der Waals surface area contributed by atoms with Gasteiger partial charge < -0.3 is 15.4 Å². The van der Waals surface area contributed by atoms with Gasteiger partial charge in [-0.25, -0.2) is 0 Å². The molecule has 86 valence electrons. The lowest BCUT2D eigenvalue weighted by Gasteiger charge is -2.40. The molecule has 0 unspecified atom stereocenters. The molecule has 0 atom stereocenters. The monoisotopic (exact) mass is 229 g/mol. The van der Waals surface area contributed by atoms with E-state index in [1.165, 1.54) is 12.8 Å². The predicted molar refractivity (Wildman–Crippen MR) is 63.8 cm³/mol. The van der Waals surface area contributed by atoms with Gasteiger partial charge in [-0.3, -0.25) is 4.90 Å². The highest BCUT2D eigenvalue weighted by Crippen LogP contribution is 2.17. The van der Waals surface area contributed by atoms with Crippen molar-refractivity contribution in [3.8, 4) is 0 Å². The fourth-order valence-electron chi connectivity index (χ4n) is 2.39. The van der Waals surface area contributed by atoms with E-state index >= 15 is 0 Å². The molecule has 2 fully saturated rings. The molecular formula is C10H19N3OS. The van der Waals surface area contributed by atoms with E-state index in [1.54, 1.807) is 0 Å². The number of ether oxygens (including phenoxy) is 1. The largest absolute Gasteiger partial charge is 0.379 e. The van der Waals surface area contributed by atoms with Crippen molar-refractivity contribution in [3.05, 3.63) is 0 Å². The second kappa shape index (κ2) is 5.09. The zero-order valence-corrected chi connectivity index (χ0v) is 9.84. The van der Waals surface area contributed by atoms with E-state index in [2.05, 4.69) is 9.80 Å². The Kier molecular flexibility index (Phi) is 3.77. The first-order chi connectivity index (χ1) is 7.27. The van der Waals surface area contributed by atoms with Crippen LogP contribution in [0.5, 0.6) is 0 Å². The lowest BCUT2D eigenvalue weighted by Crippen LogP contribution is -2.50. The van der Waals surface area contributed by atoms with Crippen LogP contribution in [0.25, 0.3) is 0 Å². The average molecular weight is 229 g/mol. The Labute approximate surface area is 96.3 Å². The summed E-state index contributed by atoms with van der Waals surface area (Å²) in [6, 6.07) is 0.708. The van der Waals surface area contributed by atoms with Crippen LogP contribution < -0.4 is 5.73 Å². The van der Waals surface area contributed by atoms with Gasteiger partial charge in [-0.1, -0.05) is 0 Å². The van der Waals surface area contributed by atoms with Gasteiger partial charge in [0.1, 0.15) is 0 Å². The molecule has 2 aliphatic rings. The average Bonchev–Trinajstić information content (AvgIpc) is 2.30. The minimum Gasteiger partial charge on any atom is -0.379 e. The molecule has 0 aromatic rings. The van der Waals surface area contributed by atoms with Crippen LogP contribution in [0.2, 0.25) is 0 Å². The third-order valence-corrected chi connectivity index (χ3v) is 3.60. The Hall–Kier alpha value is -0.390. The summed E-state index contributed by atoms with van der Waals surface area (Å²) in [6.07, 6.45) is 2.36. The molecule has 0 saturated carbocycles. The van der Waals surface area contributed by atoms with Gasteiger partial charge in [0.2, 0.25) is 0 Å². The molecule has 15 heavy (non-hydrogen) atoms. The van der Waals surface area contributed by atoms with Crippen LogP contribution in [0.1, 0.15) is 12.8 Å². The highest BCUT2D eigenvalue weighted by Gasteiger charge is 2.25. The molecule has 2 N–H and O–H groups in total. The van der Waals surface area contributed by atoms with E-state index in [0.29, 0.717) is 11.2 Å². The number of hydrogen-bond donors (Lipinski definition) is 1. The molecule has 0 bridgehead atoms. The Morgan fingerprint density at radius 3 is 2.27 bits per heavy atom. The number of morpholine rings is 1. The molecule has 2 rings (SSSR count). The smallest absolute Gasteiger partial charge is 0.166 e. The Morgan fingerprint density at radius 2 is 1.73 bits per heavy atom. The van der Waals surface area contributed by atoms with E-state index in [1.807, 2.05) is 0 Å². The van der Waals surface area contributed by atoms with Crippen LogP contribution >= 0.6 is 12.2 Å². The summed E-state index contributed by atoms with van der Waals surface area (Å²) in [6.45, 7) is 5.95. The van der Waals surface area contributed by atoms with Crippen LogP contribution in [0, 0.1) is 0 Å². The lowest BCUT2D eigenvalue weighted by atomic mass is 10.0. The second-order valence-electron chi connectivity index (χ2n) is 4.20. The van der Waals surface area contributed by atoms with Gasteiger partial charge >= 0.3 is 0 Å². The van der Waals surface area contributed by atoms with Crippen molar-refractivity contribution in [1.82, 2.24) is 9.80 Å². The zero-order valence-electron chi connectivity index (χ0n) is 9.02. The number of thiocarbonyl (C=S) groups is 1. The standard InChI is InChI=1S/C10H19N3OS/c11-10(15)13-3-1-9(2-4-13)12-5-7-14-8-6-12/h9H,1-8H2,(H2,11,15). The Bertz CT molecular complexity index is 223. The summed E-state index contributed by atoms with van der Waals surface area (Å²) in [4.78, 5) is 4.65. The molecular weight excluding hydrogens is 210 g/mol. The van der Waals surface area contributed by atoms with Gasteiger partial charge in [0.15, 0.2) is 5.11 Å².